The number of hydrogen-bond donors (Lipinski definition) is 1. The molecule has 2 saturated heterocycles. The van der Waals surface area contributed by atoms with Crippen molar-refractivity contribution in [3.63, 3.8) is 0 Å². The van der Waals surface area contributed by atoms with Gasteiger partial charge in [0.2, 0.25) is 0 Å². The Hall–Kier alpha value is -1.63. The van der Waals surface area contributed by atoms with Crippen LogP contribution in [0.15, 0.2) is 0 Å². The number of hydrogen-bond acceptors (Lipinski definition) is 5. The number of carbonyl (C=O) groups is 1. The normalized spacial score (nSPS) is 25.6. The molecular formula is C20H33N5O2. The van der Waals surface area contributed by atoms with Crippen molar-refractivity contribution in [1.82, 2.24) is 25.0 Å². The van der Waals surface area contributed by atoms with Crippen LogP contribution < -0.4 is 0 Å². The van der Waals surface area contributed by atoms with Crippen molar-refractivity contribution in [2.45, 2.75) is 82.8 Å². The van der Waals surface area contributed by atoms with Gasteiger partial charge in [-0.2, -0.15) is 5.10 Å². The van der Waals surface area contributed by atoms with Crippen LogP contribution in [0.3, 0.4) is 0 Å². The summed E-state index contributed by atoms with van der Waals surface area (Å²) in [5.74, 6) is 3.16. The van der Waals surface area contributed by atoms with Gasteiger partial charge in [0.05, 0.1) is 0 Å². The monoisotopic (exact) mass is 375 g/mol. The second-order valence-corrected chi connectivity index (χ2v) is 9.39. The lowest BCUT2D eigenvalue weighted by atomic mass is 9.93. The Morgan fingerprint density at radius 2 is 1.81 bits per heavy atom. The first-order valence-corrected chi connectivity index (χ1v) is 10.5. The summed E-state index contributed by atoms with van der Waals surface area (Å²) in [5.41, 5.74) is -0.426. The van der Waals surface area contributed by atoms with E-state index >= 15 is 0 Å². The Labute approximate surface area is 161 Å². The largest absolute Gasteiger partial charge is 0.444 e. The summed E-state index contributed by atoms with van der Waals surface area (Å²) in [7, 11) is 0. The molecule has 150 valence electrons. The molecule has 7 heteroatoms. The molecule has 1 aliphatic carbocycles. The highest BCUT2D eigenvalue weighted by atomic mass is 16.6. The van der Waals surface area contributed by atoms with Gasteiger partial charge in [0.1, 0.15) is 11.4 Å². The average Bonchev–Trinajstić information content (AvgIpc) is 3.37. The second-order valence-electron chi connectivity index (χ2n) is 9.39. The highest BCUT2D eigenvalue weighted by molar-refractivity contribution is 5.68. The highest BCUT2D eigenvalue weighted by Gasteiger charge is 2.34. The van der Waals surface area contributed by atoms with Crippen molar-refractivity contribution in [2.24, 2.45) is 0 Å². The number of aromatic nitrogens is 3. The Bertz CT molecular complexity index is 656. The SMILES string of the molecule is CC(C)(C)OC(=O)N1CCC(N2CCCC(c3nc(C4CC4)n[nH]3)C2)CC1. The van der Waals surface area contributed by atoms with E-state index in [0.29, 0.717) is 17.9 Å². The number of piperidine rings is 2. The number of ether oxygens (including phenoxy) is 1. The molecule has 0 bridgehead atoms. The predicted octanol–water partition coefficient (Wildman–Crippen LogP) is 3.26. The maximum atomic E-state index is 12.3. The van der Waals surface area contributed by atoms with Gasteiger partial charge in [-0.3, -0.25) is 10.00 Å². The van der Waals surface area contributed by atoms with E-state index in [2.05, 4.69) is 15.1 Å². The summed E-state index contributed by atoms with van der Waals surface area (Å²) in [6.07, 6.45) is 6.75. The molecular weight excluding hydrogens is 342 g/mol. The second kappa shape index (κ2) is 7.41. The van der Waals surface area contributed by atoms with Crippen LogP contribution in [-0.2, 0) is 4.74 Å². The molecule has 1 amide bonds. The molecule has 1 unspecified atom stereocenters. The molecule has 3 fully saturated rings. The van der Waals surface area contributed by atoms with Crippen LogP contribution in [0.2, 0.25) is 0 Å². The van der Waals surface area contributed by atoms with Crippen LogP contribution in [0.1, 0.15) is 82.8 Å². The zero-order valence-electron chi connectivity index (χ0n) is 16.9. The molecule has 1 atom stereocenters. The molecule has 2 aliphatic heterocycles. The van der Waals surface area contributed by atoms with Gasteiger partial charge in [-0.1, -0.05) is 0 Å². The van der Waals surface area contributed by atoms with Crippen molar-refractivity contribution < 1.29 is 9.53 Å². The highest BCUT2D eigenvalue weighted by Crippen LogP contribution is 2.38. The Balaban J connectivity index is 1.29. The lowest BCUT2D eigenvalue weighted by Gasteiger charge is -2.42. The van der Waals surface area contributed by atoms with E-state index in [-0.39, 0.29) is 6.09 Å². The Morgan fingerprint density at radius 1 is 1.07 bits per heavy atom. The van der Waals surface area contributed by atoms with E-state index < -0.39 is 5.60 Å². The van der Waals surface area contributed by atoms with E-state index in [9.17, 15) is 4.79 Å². The van der Waals surface area contributed by atoms with Gasteiger partial charge in [0.15, 0.2) is 5.82 Å². The van der Waals surface area contributed by atoms with Crippen LogP contribution in [0.25, 0.3) is 0 Å². The first-order valence-electron chi connectivity index (χ1n) is 10.5. The fourth-order valence-electron chi connectivity index (χ4n) is 4.30. The summed E-state index contributed by atoms with van der Waals surface area (Å²) in [6, 6.07) is 0.553. The van der Waals surface area contributed by atoms with Gasteiger partial charge < -0.3 is 9.64 Å². The van der Waals surface area contributed by atoms with Gasteiger partial charge in [-0.25, -0.2) is 9.78 Å². The van der Waals surface area contributed by atoms with Crippen molar-refractivity contribution in [1.29, 1.82) is 0 Å². The molecule has 1 aromatic heterocycles. The van der Waals surface area contributed by atoms with E-state index in [1.54, 1.807) is 0 Å². The van der Waals surface area contributed by atoms with Crippen LogP contribution in [0.5, 0.6) is 0 Å². The maximum absolute atomic E-state index is 12.3. The number of aromatic amines is 1. The molecule has 1 N–H and O–H groups in total. The predicted molar refractivity (Wildman–Crippen MR) is 103 cm³/mol. The molecule has 7 nitrogen and oxygen atoms in total. The summed E-state index contributed by atoms with van der Waals surface area (Å²) in [5, 5.41) is 7.64. The Morgan fingerprint density at radius 3 is 2.48 bits per heavy atom. The minimum Gasteiger partial charge on any atom is -0.444 e. The Kier molecular flexibility index (Phi) is 5.14. The topological polar surface area (TPSA) is 74.3 Å². The smallest absolute Gasteiger partial charge is 0.410 e. The summed E-state index contributed by atoms with van der Waals surface area (Å²) >= 11 is 0. The first kappa shape index (κ1) is 18.7. The molecule has 1 aromatic rings. The third-order valence-corrected chi connectivity index (χ3v) is 5.93. The minimum atomic E-state index is -0.426. The van der Waals surface area contributed by atoms with E-state index in [0.717, 1.165) is 50.7 Å². The maximum Gasteiger partial charge on any atom is 0.410 e. The number of amides is 1. The van der Waals surface area contributed by atoms with Gasteiger partial charge in [-0.05, 0) is 65.8 Å². The van der Waals surface area contributed by atoms with Crippen LogP contribution >= 0.6 is 0 Å². The van der Waals surface area contributed by atoms with Crippen LogP contribution in [0.4, 0.5) is 4.79 Å². The number of H-pyrrole nitrogens is 1. The molecule has 1 saturated carbocycles. The molecule has 4 rings (SSSR count). The summed E-state index contributed by atoms with van der Waals surface area (Å²) in [6.45, 7) is 9.54. The standard InChI is InChI=1S/C20H33N5O2/c1-20(2,3)27-19(26)24-11-8-16(9-12-24)25-10-4-5-15(13-25)18-21-17(22-23-18)14-6-7-14/h14-16H,4-13H2,1-3H3,(H,21,22,23). The van der Waals surface area contributed by atoms with Gasteiger partial charge >= 0.3 is 6.09 Å². The van der Waals surface area contributed by atoms with Crippen molar-refractivity contribution in [2.75, 3.05) is 26.2 Å². The van der Waals surface area contributed by atoms with Crippen molar-refractivity contribution in [3.8, 4) is 0 Å². The van der Waals surface area contributed by atoms with Gasteiger partial charge in [0, 0.05) is 37.5 Å². The lowest BCUT2D eigenvalue weighted by molar-refractivity contribution is 0.0123. The average molecular weight is 376 g/mol. The summed E-state index contributed by atoms with van der Waals surface area (Å²) < 4.78 is 5.51. The van der Waals surface area contributed by atoms with E-state index in [1.807, 2.05) is 25.7 Å². The molecule has 0 radical (unpaired) electrons. The number of nitrogens with zero attached hydrogens (tertiary/aromatic N) is 4. The third kappa shape index (κ3) is 4.62. The number of nitrogens with one attached hydrogen (secondary N) is 1. The van der Waals surface area contributed by atoms with Crippen molar-refractivity contribution >= 4 is 6.09 Å². The number of rotatable bonds is 3. The molecule has 0 spiro atoms. The fourth-order valence-corrected chi connectivity index (χ4v) is 4.30. The summed E-state index contributed by atoms with van der Waals surface area (Å²) in [4.78, 5) is 21.5. The quantitative estimate of drug-likeness (QED) is 0.878. The molecule has 3 aliphatic rings. The van der Waals surface area contributed by atoms with Crippen molar-refractivity contribution in [3.05, 3.63) is 11.6 Å². The number of likely N-dealkylation sites (tertiary alicyclic amines) is 2. The zero-order chi connectivity index (χ0) is 19.0. The van der Waals surface area contributed by atoms with Crippen LogP contribution in [-0.4, -0.2) is 68.9 Å². The van der Waals surface area contributed by atoms with Crippen LogP contribution in [0, 0.1) is 0 Å². The van der Waals surface area contributed by atoms with Gasteiger partial charge in [-0.15, -0.1) is 0 Å². The fraction of sp³-hybridized carbons (Fsp3) is 0.850. The van der Waals surface area contributed by atoms with E-state index in [4.69, 9.17) is 9.72 Å². The minimum absolute atomic E-state index is 0.174. The van der Waals surface area contributed by atoms with Gasteiger partial charge in [0.25, 0.3) is 0 Å². The lowest BCUT2D eigenvalue weighted by Crippen LogP contribution is -2.50. The zero-order valence-corrected chi connectivity index (χ0v) is 16.9. The molecule has 0 aromatic carbocycles. The third-order valence-electron chi connectivity index (χ3n) is 5.93. The first-order chi connectivity index (χ1) is 12.9. The van der Waals surface area contributed by atoms with E-state index in [1.165, 1.54) is 25.7 Å². The molecule has 3 heterocycles. The molecule has 27 heavy (non-hydrogen) atoms. The number of carbonyl (C=O) groups excluding carboxylic acids is 1.